The predicted molar refractivity (Wildman–Crippen MR) is 173 cm³/mol. The van der Waals surface area contributed by atoms with Crippen LogP contribution in [-0.4, -0.2) is 9.55 Å². The van der Waals surface area contributed by atoms with Crippen molar-refractivity contribution in [1.82, 2.24) is 9.55 Å². The maximum atomic E-state index is 6.09. The van der Waals surface area contributed by atoms with Gasteiger partial charge in [-0.25, -0.2) is 0 Å². The summed E-state index contributed by atoms with van der Waals surface area (Å²) in [5.41, 5.74) is 12.6. The SMILES string of the molecule is c1ccc2c(c1)-c1ccc(-n3c4ccccc4c4cc(-c5ccc6oc7ccccc7c6c5)ccc43)c3ccnc-2c13. The molecular weight excluding hydrogens is 512 g/mol. The van der Waals surface area contributed by atoms with Gasteiger partial charge in [-0.3, -0.25) is 4.98 Å². The highest BCUT2D eigenvalue weighted by atomic mass is 16.3. The minimum Gasteiger partial charge on any atom is -0.456 e. The van der Waals surface area contributed by atoms with Crippen LogP contribution < -0.4 is 0 Å². The van der Waals surface area contributed by atoms with E-state index >= 15 is 0 Å². The second-order valence-corrected chi connectivity index (χ2v) is 11.2. The molecule has 0 saturated heterocycles. The Hall–Kier alpha value is -5.67. The normalized spacial score (nSPS) is 12.3. The third-order valence-electron chi connectivity index (χ3n) is 9.00. The number of aromatic nitrogens is 2. The monoisotopic (exact) mass is 534 g/mol. The van der Waals surface area contributed by atoms with Gasteiger partial charge in [0.05, 0.1) is 22.4 Å². The maximum Gasteiger partial charge on any atom is 0.135 e. The van der Waals surface area contributed by atoms with Crippen molar-refractivity contribution in [3.05, 3.63) is 134 Å². The first kappa shape index (κ1) is 22.1. The molecule has 10 rings (SSSR count). The summed E-state index contributed by atoms with van der Waals surface area (Å²) in [6, 6.07) is 45.7. The molecule has 0 N–H and O–H groups in total. The number of furan rings is 1. The molecule has 0 radical (unpaired) electrons. The highest BCUT2D eigenvalue weighted by Crippen LogP contribution is 2.48. The third-order valence-corrected chi connectivity index (χ3v) is 9.00. The summed E-state index contributed by atoms with van der Waals surface area (Å²) in [6.45, 7) is 0. The van der Waals surface area contributed by atoms with Crippen LogP contribution in [0.4, 0.5) is 0 Å². The molecule has 194 valence electrons. The quantitative estimate of drug-likeness (QED) is 0.221. The molecular formula is C39H22N2O. The summed E-state index contributed by atoms with van der Waals surface area (Å²) in [6.07, 6.45) is 1.95. The van der Waals surface area contributed by atoms with Crippen LogP contribution in [0.25, 0.3) is 93.7 Å². The van der Waals surface area contributed by atoms with Crippen LogP contribution in [0, 0.1) is 0 Å². The van der Waals surface area contributed by atoms with Crippen LogP contribution in [0.2, 0.25) is 0 Å². The van der Waals surface area contributed by atoms with E-state index in [1.165, 1.54) is 66.1 Å². The van der Waals surface area contributed by atoms with Crippen LogP contribution in [0.1, 0.15) is 0 Å². The first-order valence-corrected chi connectivity index (χ1v) is 14.3. The molecule has 3 aromatic heterocycles. The van der Waals surface area contributed by atoms with Crippen LogP contribution in [0.5, 0.6) is 0 Å². The number of hydrogen-bond acceptors (Lipinski definition) is 2. The molecule has 0 bridgehead atoms. The van der Waals surface area contributed by atoms with Crippen LogP contribution in [0.15, 0.2) is 138 Å². The average molecular weight is 535 g/mol. The fraction of sp³-hybridized carbons (Fsp3) is 0. The standard InChI is InChI=1S/C39H22N2O/c1-2-10-29-25(7-1)28-15-17-34(30-19-20-40-39(29)38(28)30)41-33-11-5-3-8-26(33)31-21-23(13-16-35(31)41)24-14-18-37-32(22-24)27-9-4-6-12-36(27)42-37/h1-22H. The molecule has 0 atom stereocenters. The van der Waals surface area contributed by atoms with Gasteiger partial charge in [0, 0.05) is 44.1 Å². The highest BCUT2D eigenvalue weighted by molar-refractivity contribution is 6.18. The number of nitrogens with zero attached hydrogens (tertiary/aromatic N) is 2. The van der Waals surface area contributed by atoms with E-state index in [1.807, 2.05) is 18.3 Å². The van der Waals surface area contributed by atoms with Gasteiger partial charge in [0.2, 0.25) is 0 Å². The van der Waals surface area contributed by atoms with Crippen molar-refractivity contribution in [3.63, 3.8) is 0 Å². The number of hydrogen-bond donors (Lipinski definition) is 0. The van der Waals surface area contributed by atoms with E-state index in [1.54, 1.807) is 0 Å². The van der Waals surface area contributed by atoms with Crippen molar-refractivity contribution in [2.75, 3.05) is 0 Å². The molecule has 1 aliphatic rings. The van der Waals surface area contributed by atoms with E-state index in [9.17, 15) is 0 Å². The van der Waals surface area contributed by atoms with E-state index in [2.05, 4.69) is 120 Å². The lowest BCUT2D eigenvalue weighted by Crippen LogP contribution is -1.96. The molecule has 0 saturated carbocycles. The van der Waals surface area contributed by atoms with E-state index in [4.69, 9.17) is 9.40 Å². The molecule has 9 aromatic rings. The minimum atomic E-state index is 0.918. The summed E-state index contributed by atoms with van der Waals surface area (Å²) >= 11 is 0. The Bertz CT molecular complexity index is 2550. The summed E-state index contributed by atoms with van der Waals surface area (Å²) < 4.78 is 8.52. The first-order chi connectivity index (χ1) is 20.8. The van der Waals surface area contributed by atoms with Crippen molar-refractivity contribution in [3.8, 4) is 39.2 Å². The Labute approximate surface area is 240 Å². The summed E-state index contributed by atoms with van der Waals surface area (Å²) in [4.78, 5) is 4.83. The summed E-state index contributed by atoms with van der Waals surface area (Å²) in [7, 11) is 0. The van der Waals surface area contributed by atoms with E-state index in [-0.39, 0.29) is 0 Å². The van der Waals surface area contributed by atoms with Crippen LogP contribution in [-0.2, 0) is 0 Å². The molecule has 3 nitrogen and oxygen atoms in total. The number of rotatable bonds is 2. The van der Waals surface area contributed by atoms with Gasteiger partial charge in [-0.1, -0.05) is 78.9 Å². The summed E-state index contributed by atoms with van der Waals surface area (Å²) in [5, 5.41) is 7.24. The van der Waals surface area contributed by atoms with Gasteiger partial charge < -0.3 is 8.98 Å². The topological polar surface area (TPSA) is 31.0 Å². The number of benzene rings is 6. The molecule has 3 heteroatoms. The van der Waals surface area contributed by atoms with Gasteiger partial charge in [-0.15, -0.1) is 0 Å². The Balaban J connectivity index is 1.22. The molecule has 3 heterocycles. The Morgan fingerprint density at radius 3 is 2.12 bits per heavy atom. The first-order valence-electron chi connectivity index (χ1n) is 14.3. The molecule has 0 unspecified atom stereocenters. The van der Waals surface area contributed by atoms with Crippen molar-refractivity contribution in [2.24, 2.45) is 0 Å². The lowest BCUT2D eigenvalue weighted by atomic mass is 10.0. The third kappa shape index (κ3) is 2.82. The molecule has 0 spiro atoms. The van der Waals surface area contributed by atoms with Gasteiger partial charge >= 0.3 is 0 Å². The summed E-state index contributed by atoms with van der Waals surface area (Å²) in [5.74, 6) is 0. The zero-order chi connectivity index (χ0) is 27.4. The Morgan fingerprint density at radius 1 is 0.476 bits per heavy atom. The highest BCUT2D eigenvalue weighted by Gasteiger charge is 2.24. The number of fused-ring (bicyclic) bond motifs is 9. The zero-order valence-corrected chi connectivity index (χ0v) is 22.5. The van der Waals surface area contributed by atoms with E-state index in [0.29, 0.717) is 0 Å². The fourth-order valence-electron chi connectivity index (χ4n) is 7.15. The van der Waals surface area contributed by atoms with Gasteiger partial charge in [0.25, 0.3) is 0 Å². The number of pyridine rings is 1. The fourth-order valence-corrected chi connectivity index (χ4v) is 7.15. The molecule has 42 heavy (non-hydrogen) atoms. The van der Waals surface area contributed by atoms with Gasteiger partial charge in [0.15, 0.2) is 0 Å². The Morgan fingerprint density at radius 2 is 1.19 bits per heavy atom. The van der Waals surface area contributed by atoms with Gasteiger partial charge in [-0.2, -0.15) is 0 Å². The van der Waals surface area contributed by atoms with Crippen molar-refractivity contribution < 1.29 is 4.42 Å². The zero-order valence-electron chi connectivity index (χ0n) is 22.5. The molecule has 0 aliphatic heterocycles. The van der Waals surface area contributed by atoms with Gasteiger partial charge in [0.1, 0.15) is 11.2 Å². The molecule has 0 amide bonds. The second-order valence-electron chi connectivity index (χ2n) is 11.2. The van der Waals surface area contributed by atoms with Crippen molar-refractivity contribution in [1.29, 1.82) is 0 Å². The average Bonchev–Trinajstić information content (AvgIpc) is 3.70. The minimum absolute atomic E-state index is 0.918. The van der Waals surface area contributed by atoms with Crippen molar-refractivity contribution >= 4 is 54.5 Å². The van der Waals surface area contributed by atoms with Crippen LogP contribution in [0.3, 0.4) is 0 Å². The molecule has 1 aliphatic carbocycles. The molecule has 6 aromatic carbocycles. The van der Waals surface area contributed by atoms with E-state index in [0.717, 1.165) is 27.6 Å². The van der Waals surface area contributed by atoms with Crippen molar-refractivity contribution in [2.45, 2.75) is 0 Å². The smallest absolute Gasteiger partial charge is 0.135 e. The maximum absolute atomic E-state index is 6.09. The predicted octanol–water partition coefficient (Wildman–Crippen LogP) is 10.5. The largest absolute Gasteiger partial charge is 0.456 e. The lowest BCUT2D eigenvalue weighted by Gasteiger charge is -2.13. The number of para-hydroxylation sites is 2. The van der Waals surface area contributed by atoms with Gasteiger partial charge in [-0.05, 0) is 70.8 Å². The Kier molecular flexibility index (Phi) is 4.18. The molecule has 0 fully saturated rings. The second kappa shape index (κ2) is 7.96. The van der Waals surface area contributed by atoms with E-state index < -0.39 is 0 Å². The lowest BCUT2D eigenvalue weighted by molar-refractivity contribution is 0.669. The van der Waals surface area contributed by atoms with Crippen LogP contribution >= 0.6 is 0 Å².